The fourth-order valence-electron chi connectivity index (χ4n) is 2.92. The van der Waals surface area contributed by atoms with E-state index in [9.17, 15) is 14.7 Å². The fraction of sp³-hybridized carbons (Fsp3) is 0.556. The maximum atomic E-state index is 12.2. The van der Waals surface area contributed by atoms with Gasteiger partial charge < -0.3 is 19.9 Å². The Morgan fingerprint density at radius 2 is 2.00 bits per heavy atom. The molecule has 1 aromatic rings. The van der Waals surface area contributed by atoms with Gasteiger partial charge in [0.15, 0.2) is 6.10 Å². The lowest BCUT2D eigenvalue weighted by Gasteiger charge is -2.30. The Balaban J connectivity index is 1.94. The maximum absolute atomic E-state index is 12.2. The highest BCUT2D eigenvalue weighted by Gasteiger charge is 2.27. The van der Waals surface area contributed by atoms with Crippen LogP contribution in [0.4, 0.5) is 0 Å². The van der Waals surface area contributed by atoms with Gasteiger partial charge in [0, 0.05) is 12.1 Å². The molecule has 1 aromatic carbocycles. The quantitative estimate of drug-likeness (QED) is 0.808. The van der Waals surface area contributed by atoms with Gasteiger partial charge in [-0.05, 0) is 37.8 Å². The van der Waals surface area contributed by atoms with E-state index in [1.807, 2.05) is 0 Å². The summed E-state index contributed by atoms with van der Waals surface area (Å²) in [6.45, 7) is 3.65. The highest BCUT2D eigenvalue weighted by molar-refractivity contribution is 5.94. The average molecular weight is 335 g/mol. The molecule has 1 aliphatic carbocycles. The molecular weight excluding hydrogens is 310 g/mol. The predicted molar refractivity (Wildman–Crippen MR) is 89.1 cm³/mol. The van der Waals surface area contributed by atoms with E-state index in [1.54, 1.807) is 6.07 Å². The topological polar surface area (TPSA) is 84.9 Å². The van der Waals surface area contributed by atoms with Crippen LogP contribution in [0.3, 0.4) is 0 Å². The van der Waals surface area contributed by atoms with Crippen molar-refractivity contribution >= 4 is 11.9 Å². The van der Waals surface area contributed by atoms with Crippen molar-refractivity contribution in [3.05, 3.63) is 23.8 Å². The van der Waals surface area contributed by atoms with Gasteiger partial charge in [-0.2, -0.15) is 0 Å². The number of hydrogen-bond acceptors (Lipinski definition) is 5. The van der Waals surface area contributed by atoms with Crippen molar-refractivity contribution in [3.63, 3.8) is 0 Å². The summed E-state index contributed by atoms with van der Waals surface area (Å²) in [5.74, 6) is -0.435. The Labute approximate surface area is 142 Å². The number of carbonyl (C=O) groups is 2. The maximum Gasteiger partial charge on any atom is 0.342 e. The minimum Gasteiger partial charge on any atom is -0.507 e. The smallest absolute Gasteiger partial charge is 0.342 e. The van der Waals surface area contributed by atoms with Crippen LogP contribution in [0, 0.1) is 5.92 Å². The summed E-state index contributed by atoms with van der Waals surface area (Å²) in [6, 6.07) is 4.40. The first-order chi connectivity index (χ1) is 11.4. The lowest BCUT2D eigenvalue weighted by Crippen LogP contribution is -2.45. The molecule has 1 saturated carbocycles. The van der Waals surface area contributed by atoms with Gasteiger partial charge in [0.25, 0.3) is 5.91 Å². The minimum atomic E-state index is -0.923. The zero-order chi connectivity index (χ0) is 17.7. The molecule has 6 heteroatoms. The summed E-state index contributed by atoms with van der Waals surface area (Å²) in [4.78, 5) is 24.4. The number of methoxy groups -OCH3 is 1. The van der Waals surface area contributed by atoms with Crippen molar-refractivity contribution in [2.24, 2.45) is 5.92 Å². The third-order valence-electron chi connectivity index (χ3n) is 4.52. The van der Waals surface area contributed by atoms with Crippen LogP contribution in [0.15, 0.2) is 18.2 Å². The Kier molecular flexibility index (Phi) is 6.06. The van der Waals surface area contributed by atoms with Gasteiger partial charge in [0.2, 0.25) is 0 Å². The molecule has 132 valence electrons. The van der Waals surface area contributed by atoms with E-state index < -0.39 is 12.1 Å². The van der Waals surface area contributed by atoms with Crippen LogP contribution in [0.25, 0.3) is 0 Å². The number of ether oxygens (including phenoxy) is 2. The number of rotatable bonds is 5. The molecule has 0 radical (unpaired) electrons. The Morgan fingerprint density at radius 1 is 1.29 bits per heavy atom. The summed E-state index contributed by atoms with van der Waals surface area (Å²) in [5, 5.41) is 12.8. The highest BCUT2D eigenvalue weighted by Crippen LogP contribution is 2.25. The van der Waals surface area contributed by atoms with Crippen LogP contribution in [-0.4, -0.2) is 36.2 Å². The molecule has 24 heavy (non-hydrogen) atoms. The zero-order valence-electron chi connectivity index (χ0n) is 14.4. The second-order valence-electron chi connectivity index (χ2n) is 6.31. The number of hydrogen-bond donors (Lipinski definition) is 2. The Hall–Kier alpha value is -2.24. The van der Waals surface area contributed by atoms with E-state index >= 15 is 0 Å². The van der Waals surface area contributed by atoms with Crippen LogP contribution >= 0.6 is 0 Å². The molecule has 0 saturated heterocycles. The zero-order valence-corrected chi connectivity index (χ0v) is 14.4. The first-order valence-corrected chi connectivity index (χ1v) is 8.30. The lowest BCUT2D eigenvalue weighted by atomic mass is 9.86. The fourth-order valence-corrected chi connectivity index (χ4v) is 2.92. The van der Waals surface area contributed by atoms with Gasteiger partial charge in [0.05, 0.1) is 7.11 Å². The molecule has 0 aliphatic heterocycles. The van der Waals surface area contributed by atoms with E-state index in [0.29, 0.717) is 11.7 Å². The second kappa shape index (κ2) is 8.04. The van der Waals surface area contributed by atoms with Crippen molar-refractivity contribution in [3.8, 4) is 11.5 Å². The highest BCUT2D eigenvalue weighted by atomic mass is 16.5. The first-order valence-electron chi connectivity index (χ1n) is 8.30. The predicted octanol–water partition coefficient (Wildman–Crippen LogP) is 2.64. The van der Waals surface area contributed by atoms with Gasteiger partial charge in [-0.3, -0.25) is 4.79 Å². The third-order valence-corrected chi connectivity index (χ3v) is 4.52. The van der Waals surface area contributed by atoms with Crippen LogP contribution in [0.2, 0.25) is 0 Å². The van der Waals surface area contributed by atoms with Crippen LogP contribution in [0.5, 0.6) is 11.5 Å². The number of esters is 1. The van der Waals surface area contributed by atoms with E-state index in [4.69, 9.17) is 9.47 Å². The van der Waals surface area contributed by atoms with Crippen molar-refractivity contribution < 1.29 is 24.2 Å². The molecule has 0 heterocycles. The van der Waals surface area contributed by atoms with Gasteiger partial charge in [-0.1, -0.05) is 19.8 Å². The van der Waals surface area contributed by atoms with E-state index in [2.05, 4.69) is 12.2 Å². The largest absolute Gasteiger partial charge is 0.507 e. The number of nitrogens with one attached hydrogen (secondary N) is 1. The molecule has 1 fully saturated rings. The molecular formula is C18H25NO5. The molecule has 1 aliphatic rings. The van der Waals surface area contributed by atoms with Crippen molar-refractivity contribution in [2.75, 3.05) is 7.11 Å². The van der Waals surface area contributed by atoms with Crippen LogP contribution in [-0.2, 0) is 9.53 Å². The minimum absolute atomic E-state index is 0.00137. The SMILES string of the molecule is COc1ccc(C(=O)O[C@H](C)C(=O)N[C@H]2CCCC[C@@H]2C)c(O)c1. The molecule has 2 rings (SSSR count). The lowest BCUT2D eigenvalue weighted by molar-refractivity contribution is -0.130. The molecule has 2 N–H and O–H groups in total. The Morgan fingerprint density at radius 3 is 2.62 bits per heavy atom. The number of phenols is 1. The van der Waals surface area contributed by atoms with E-state index in [1.165, 1.54) is 32.6 Å². The second-order valence-corrected chi connectivity index (χ2v) is 6.31. The molecule has 0 unspecified atom stereocenters. The first kappa shape index (κ1) is 18.1. The molecule has 1 amide bonds. The number of aromatic hydroxyl groups is 1. The average Bonchev–Trinajstić information content (AvgIpc) is 2.56. The van der Waals surface area contributed by atoms with Crippen molar-refractivity contribution in [1.29, 1.82) is 0 Å². The molecule has 6 nitrogen and oxygen atoms in total. The molecule has 3 atom stereocenters. The van der Waals surface area contributed by atoms with Gasteiger partial charge in [-0.15, -0.1) is 0 Å². The number of phenolic OH excluding ortho intramolecular Hbond substituents is 1. The normalized spacial score (nSPS) is 21.6. The summed E-state index contributed by atoms with van der Waals surface area (Å²) in [7, 11) is 1.46. The number of amides is 1. The summed E-state index contributed by atoms with van der Waals surface area (Å²) < 4.78 is 10.1. The van der Waals surface area contributed by atoms with Crippen molar-refractivity contribution in [1.82, 2.24) is 5.32 Å². The summed E-state index contributed by atoms with van der Waals surface area (Å²) >= 11 is 0. The van der Waals surface area contributed by atoms with Crippen LogP contribution in [0.1, 0.15) is 49.9 Å². The standard InChI is InChI=1S/C18H25NO5/c1-11-6-4-5-7-15(11)19-17(21)12(2)24-18(22)14-9-8-13(23-3)10-16(14)20/h8-12,15,20H,4-7H2,1-3H3,(H,19,21)/t11-,12+,15-/m0/s1. The van der Waals surface area contributed by atoms with Gasteiger partial charge >= 0.3 is 5.97 Å². The molecule has 0 bridgehead atoms. The summed E-state index contributed by atoms with van der Waals surface area (Å²) in [6.07, 6.45) is 3.41. The van der Waals surface area contributed by atoms with E-state index in [0.717, 1.165) is 19.3 Å². The Bertz CT molecular complexity index is 601. The third kappa shape index (κ3) is 4.40. The van der Waals surface area contributed by atoms with Crippen LogP contribution < -0.4 is 10.1 Å². The molecule has 0 aromatic heterocycles. The summed E-state index contributed by atoms with van der Waals surface area (Å²) in [5.41, 5.74) is 0.00137. The number of carbonyl (C=O) groups excluding carboxylic acids is 2. The van der Waals surface area contributed by atoms with Crippen molar-refractivity contribution in [2.45, 2.75) is 51.7 Å². The van der Waals surface area contributed by atoms with Gasteiger partial charge in [0.1, 0.15) is 17.1 Å². The molecule has 0 spiro atoms. The monoisotopic (exact) mass is 335 g/mol. The van der Waals surface area contributed by atoms with E-state index in [-0.39, 0.29) is 23.3 Å². The van der Waals surface area contributed by atoms with Gasteiger partial charge in [-0.25, -0.2) is 4.79 Å². The number of benzene rings is 1.